The predicted molar refractivity (Wildman–Crippen MR) is 82.6 cm³/mol. The third kappa shape index (κ3) is 3.92. The first-order chi connectivity index (χ1) is 8.79. The molecule has 2 nitrogen and oxygen atoms in total. The molecule has 0 saturated carbocycles. The molecule has 3 heteroatoms. The lowest BCUT2D eigenvalue weighted by Gasteiger charge is -2.18. The zero-order valence-electron chi connectivity index (χ0n) is 11.5. The Balaban J connectivity index is 1.83. The Morgan fingerprint density at radius 1 is 1.22 bits per heavy atom. The maximum Gasteiger partial charge on any atom is 0.0366 e. The second kappa shape index (κ2) is 7.05. The summed E-state index contributed by atoms with van der Waals surface area (Å²) < 4.78 is 0. The molecule has 0 radical (unpaired) electrons. The summed E-state index contributed by atoms with van der Waals surface area (Å²) in [5.41, 5.74) is 2.76. The zero-order chi connectivity index (χ0) is 12.8. The SMILES string of the molecule is CSCC(C)NCc1ccc(N2CCCC2)cc1. The Labute approximate surface area is 115 Å². The van der Waals surface area contributed by atoms with Gasteiger partial charge in [-0.05, 0) is 43.7 Å². The fourth-order valence-corrected chi connectivity index (χ4v) is 3.02. The maximum atomic E-state index is 3.55. The Morgan fingerprint density at radius 2 is 1.89 bits per heavy atom. The minimum absolute atomic E-state index is 0.582. The van der Waals surface area contributed by atoms with E-state index in [1.54, 1.807) is 0 Å². The molecule has 0 bridgehead atoms. The molecule has 2 rings (SSSR count). The molecule has 1 aromatic carbocycles. The molecule has 1 heterocycles. The van der Waals surface area contributed by atoms with Crippen LogP contribution in [0, 0.1) is 0 Å². The highest BCUT2D eigenvalue weighted by Crippen LogP contribution is 2.20. The monoisotopic (exact) mass is 264 g/mol. The first-order valence-corrected chi connectivity index (χ1v) is 8.25. The number of thioether (sulfide) groups is 1. The van der Waals surface area contributed by atoms with Gasteiger partial charge in [-0.1, -0.05) is 12.1 Å². The van der Waals surface area contributed by atoms with Gasteiger partial charge in [0.2, 0.25) is 0 Å². The zero-order valence-corrected chi connectivity index (χ0v) is 12.3. The van der Waals surface area contributed by atoms with Gasteiger partial charge in [-0.15, -0.1) is 0 Å². The van der Waals surface area contributed by atoms with E-state index in [1.165, 1.54) is 42.9 Å². The van der Waals surface area contributed by atoms with Crippen molar-refractivity contribution in [2.75, 3.05) is 30.0 Å². The van der Waals surface area contributed by atoms with Gasteiger partial charge in [-0.3, -0.25) is 0 Å². The van der Waals surface area contributed by atoms with Crippen LogP contribution < -0.4 is 10.2 Å². The van der Waals surface area contributed by atoms with Crippen molar-refractivity contribution in [1.29, 1.82) is 0 Å². The third-order valence-electron chi connectivity index (χ3n) is 3.48. The van der Waals surface area contributed by atoms with Crippen LogP contribution in [0.1, 0.15) is 25.3 Å². The molecular formula is C15H24N2S. The van der Waals surface area contributed by atoms with E-state index in [0.29, 0.717) is 6.04 Å². The average Bonchev–Trinajstić information content (AvgIpc) is 2.91. The van der Waals surface area contributed by atoms with Gasteiger partial charge in [0.1, 0.15) is 0 Å². The molecule has 1 atom stereocenters. The van der Waals surface area contributed by atoms with E-state index >= 15 is 0 Å². The summed E-state index contributed by atoms with van der Waals surface area (Å²) in [7, 11) is 0. The fraction of sp³-hybridized carbons (Fsp3) is 0.600. The van der Waals surface area contributed by atoms with Crippen LogP contribution in [0.15, 0.2) is 24.3 Å². The van der Waals surface area contributed by atoms with Crippen LogP contribution in [0.3, 0.4) is 0 Å². The normalized spacial score (nSPS) is 17.1. The minimum Gasteiger partial charge on any atom is -0.372 e. The Kier molecular flexibility index (Phi) is 5.39. The minimum atomic E-state index is 0.582. The lowest BCUT2D eigenvalue weighted by atomic mass is 10.2. The number of anilines is 1. The van der Waals surface area contributed by atoms with Crippen LogP contribution in [-0.2, 0) is 6.54 Å². The maximum absolute atomic E-state index is 3.55. The predicted octanol–water partition coefficient (Wildman–Crippen LogP) is 3.13. The number of rotatable bonds is 6. The van der Waals surface area contributed by atoms with Crippen molar-refractivity contribution in [3.63, 3.8) is 0 Å². The van der Waals surface area contributed by atoms with Crippen molar-refractivity contribution in [2.45, 2.75) is 32.4 Å². The number of hydrogen-bond acceptors (Lipinski definition) is 3. The van der Waals surface area contributed by atoms with E-state index in [1.807, 2.05) is 11.8 Å². The third-order valence-corrected chi connectivity index (χ3v) is 4.31. The molecule has 100 valence electrons. The molecule has 0 aromatic heterocycles. The van der Waals surface area contributed by atoms with E-state index in [2.05, 4.69) is 47.7 Å². The van der Waals surface area contributed by atoms with Crippen LogP contribution in [0.2, 0.25) is 0 Å². The standard InChI is InChI=1S/C15H24N2S/c1-13(12-18-2)16-11-14-5-7-15(8-6-14)17-9-3-4-10-17/h5-8,13,16H,3-4,9-12H2,1-2H3. The number of nitrogens with zero attached hydrogens (tertiary/aromatic N) is 1. The van der Waals surface area contributed by atoms with Crippen molar-refractivity contribution >= 4 is 17.4 Å². The molecule has 1 N–H and O–H groups in total. The highest BCUT2D eigenvalue weighted by atomic mass is 32.2. The molecular weight excluding hydrogens is 240 g/mol. The second-order valence-electron chi connectivity index (χ2n) is 5.10. The molecule has 1 aromatic rings. The quantitative estimate of drug-likeness (QED) is 0.850. The highest BCUT2D eigenvalue weighted by Gasteiger charge is 2.11. The summed E-state index contributed by atoms with van der Waals surface area (Å²) in [6, 6.07) is 9.63. The smallest absolute Gasteiger partial charge is 0.0366 e. The lowest BCUT2D eigenvalue weighted by molar-refractivity contribution is 0.596. The van der Waals surface area contributed by atoms with Gasteiger partial charge in [-0.2, -0.15) is 11.8 Å². The summed E-state index contributed by atoms with van der Waals surface area (Å²) in [6.07, 6.45) is 4.84. The van der Waals surface area contributed by atoms with Crippen LogP contribution in [0.5, 0.6) is 0 Å². The van der Waals surface area contributed by atoms with Gasteiger partial charge in [-0.25, -0.2) is 0 Å². The Hall–Kier alpha value is -0.670. The van der Waals surface area contributed by atoms with Gasteiger partial charge in [0.25, 0.3) is 0 Å². The van der Waals surface area contributed by atoms with Crippen LogP contribution in [-0.4, -0.2) is 31.1 Å². The molecule has 0 spiro atoms. The summed E-state index contributed by atoms with van der Waals surface area (Å²) in [5, 5.41) is 3.55. The molecule has 1 aliphatic heterocycles. The second-order valence-corrected chi connectivity index (χ2v) is 6.01. The molecule has 18 heavy (non-hydrogen) atoms. The van der Waals surface area contributed by atoms with Crippen LogP contribution >= 0.6 is 11.8 Å². The van der Waals surface area contributed by atoms with E-state index in [0.717, 1.165) is 6.54 Å². The van der Waals surface area contributed by atoms with E-state index < -0.39 is 0 Å². The summed E-state index contributed by atoms with van der Waals surface area (Å²) in [5.74, 6) is 1.17. The van der Waals surface area contributed by atoms with Crippen molar-refractivity contribution < 1.29 is 0 Å². The van der Waals surface area contributed by atoms with Crippen molar-refractivity contribution in [1.82, 2.24) is 5.32 Å². The highest BCUT2D eigenvalue weighted by molar-refractivity contribution is 7.98. The molecule has 1 aliphatic rings. The van der Waals surface area contributed by atoms with Crippen LogP contribution in [0.4, 0.5) is 5.69 Å². The largest absolute Gasteiger partial charge is 0.372 e. The number of nitrogens with one attached hydrogen (secondary N) is 1. The van der Waals surface area contributed by atoms with Crippen molar-refractivity contribution in [3.05, 3.63) is 29.8 Å². The number of benzene rings is 1. The summed E-state index contributed by atoms with van der Waals surface area (Å²) in [4.78, 5) is 2.48. The first kappa shape index (κ1) is 13.8. The Bertz CT molecular complexity index is 344. The number of hydrogen-bond donors (Lipinski definition) is 1. The van der Waals surface area contributed by atoms with Crippen LogP contribution in [0.25, 0.3) is 0 Å². The van der Waals surface area contributed by atoms with Gasteiger partial charge in [0.05, 0.1) is 0 Å². The summed E-state index contributed by atoms with van der Waals surface area (Å²) >= 11 is 1.89. The molecule has 0 amide bonds. The van der Waals surface area contributed by atoms with Crippen molar-refractivity contribution in [3.8, 4) is 0 Å². The molecule has 1 fully saturated rings. The first-order valence-electron chi connectivity index (χ1n) is 6.86. The molecule has 1 saturated heterocycles. The van der Waals surface area contributed by atoms with E-state index in [9.17, 15) is 0 Å². The van der Waals surface area contributed by atoms with Gasteiger partial charge >= 0.3 is 0 Å². The van der Waals surface area contributed by atoms with E-state index in [-0.39, 0.29) is 0 Å². The van der Waals surface area contributed by atoms with Gasteiger partial charge < -0.3 is 10.2 Å². The topological polar surface area (TPSA) is 15.3 Å². The van der Waals surface area contributed by atoms with Gasteiger partial charge in [0.15, 0.2) is 0 Å². The lowest BCUT2D eigenvalue weighted by Crippen LogP contribution is -2.27. The van der Waals surface area contributed by atoms with E-state index in [4.69, 9.17) is 0 Å². The molecule has 1 unspecified atom stereocenters. The summed E-state index contributed by atoms with van der Waals surface area (Å²) in [6.45, 7) is 5.67. The van der Waals surface area contributed by atoms with Crippen molar-refractivity contribution in [2.24, 2.45) is 0 Å². The average molecular weight is 264 g/mol. The molecule has 0 aliphatic carbocycles. The van der Waals surface area contributed by atoms with Gasteiger partial charge in [0, 0.05) is 37.1 Å². The Morgan fingerprint density at radius 3 is 2.50 bits per heavy atom. The fourth-order valence-electron chi connectivity index (χ4n) is 2.40.